The van der Waals surface area contributed by atoms with E-state index < -0.39 is 17.7 Å². The summed E-state index contributed by atoms with van der Waals surface area (Å²) in [7, 11) is 3.11. The molecule has 1 aliphatic rings. The first-order valence-corrected chi connectivity index (χ1v) is 9.68. The van der Waals surface area contributed by atoms with Gasteiger partial charge in [0.25, 0.3) is 5.91 Å². The van der Waals surface area contributed by atoms with E-state index in [9.17, 15) is 19.8 Å². The first-order chi connectivity index (χ1) is 14.4. The van der Waals surface area contributed by atoms with Crippen LogP contribution in [0.5, 0.6) is 17.2 Å². The monoisotopic (exact) mass is 411 g/mol. The number of aliphatic hydroxyl groups is 1. The second-order valence-electron chi connectivity index (χ2n) is 6.97. The summed E-state index contributed by atoms with van der Waals surface area (Å²) >= 11 is 0. The summed E-state index contributed by atoms with van der Waals surface area (Å²) in [6.45, 7) is 1.97. The zero-order chi connectivity index (χ0) is 21.8. The fourth-order valence-corrected chi connectivity index (χ4v) is 3.65. The molecule has 0 spiro atoms. The van der Waals surface area contributed by atoms with Gasteiger partial charge in [0.05, 0.1) is 25.8 Å². The number of methoxy groups -OCH3 is 2. The number of phenols is 1. The zero-order valence-electron chi connectivity index (χ0n) is 17.2. The molecule has 0 radical (unpaired) electrons. The standard InChI is InChI=1S/C23H25NO6/c1-4-17(26)20-21(15-6-8-16(25)9-7-15)24(23(28)22(20)27)12-11-14-5-10-18(29-2)19(13-14)30-3/h5-10,13,21,25,27H,4,11-12H2,1-3H3. The fraction of sp³-hybridized carbons (Fsp3) is 0.304. The van der Waals surface area contributed by atoms with Crippen molar-refractivity contribution in [3.63, 3.8) is 0 Å². The van der Waals surface area contributed by atoms with Crippen LogP contribution < -0.4 is 9.47 Å². The largest absolute Gasteiger partial charge is 0.508 e. The van der Waals surface area contributed by atoms with E-state index >= 15 is 0 Å². The lowest BCUT2D eigenvalue weighted by Crippen LogP contribution is -2.33. The quantitative estimate of drug-likeness (QED) is 0.692. The lowest BCUT2D eigenvalue weighted by molar-refractivity contribution is -0.129. The van der Waals surface area contributed by atoms with Gasteiger partial charge in [0.15, 0.2) is 23.0 Å². The smallest absolute Gasteiger partial charge is 0.290 e. The molecule has 3 rings (SSSR count). The molecular formula is C23H25NO6. The number of benzene rings is 2. The van der Waals surface area contributed by atoms with E-state index in [4.69, 9.17) is 9.47 Å². The Labute approximate surface area is 175 Å². The van der Waals surface area contributed by atoms with Gasteiger partial charge in [-0.25, -0.2) is 0 Å². The Kier molecular flexibility index (Phi) is 6.30. The van der Waals surface area contributed by atoms with Crippen LogP contribution in [-0.2, 0) is 16.0 Å². The molecule has 0 saturated heterocycles. The molecule has 1 amide bonds. The van der Waals surface area contributed by atoms with Crippen molar-refractivity contribution in [3.8, 4) is 17.2 Å². The van der Waals surface area contributed by atoms with Crippen molar-refractivity contribution in [2.75, 3.05) is 20.8 Å². The molecule has 0 bridgehead atoms. The third-order valence-electron chi connectivity index (χ3n) is 5.22. The molecule has 1 unspecified atom stereocenters. The van der Waals surface area contributed by atoms with Crippen LogP contribution in [0.15, 0.2) is 53.8 Å². The maximum Gasteiger partial charge on any atom is 0.290 e. The van der Waals surface area contributed by atoms with E-state index in [2.05, 4.69) is 0 Å². The number of carbonyl (C=O) groups excluding carboxylic acids is 2. The maximum atomic E-state index is 12.8. The highest BCUT2D eigenvalue weighted by atomic mass is 16.5. The van der Waals surface area contributed by atoms with Crippen LogP contribution >= 0.6 is 0 Å². The number of carbonyl (C=O) groups is 2. The Hall–Kier alpha value is -3.48. The van der Waals surface area contributed by atoms with Crippen LogP contribution in [-0.4, -0.2) is 47.6 Å². The minimum atomic E-state index is -0.703. The third kappa shape index (κ3) is 3.96. The van der Waals surface area contributed by atoms with Gasteiger partial charge in [0, 0.05) is 13.0 Å². The van der Waals surface area contributed by atoms with E-state index in [1.165, 1.54) is 17.0 Å². The minimum absolute atomic E-state index is 0.0801. The van der Waals surface area contributed by atoms with Gasteiger partial charge in [0.2, 0.25) is 0 Å². The van der Waals surface area contributed by atoms with Gasteiger partial charge in [-0.05, 0) is 41.8 Å². The summed E-state index contributed by atoms with van der Waals surface area (Å²) in [6, 6.07) is 11.1. The van der Waals surface area contributed by atoms with Crippen LogP contribution in [0.2, 0.25) is 0 Å². The predicted molar refractivity (Wildman–Crippen MR) is 111 cm³/mol. The van der Waals surface area contributed by atoms with Crippen LogP contribution in [0, 0.1) is 0 Å². The van der Waals surface area contributed by atoms with Gasteiger partial charge in [-0.2, -0.15) is 0 Å². The third-order valence-corrected chi connectivity index (χ3v) is 5.22. The Morgan fingerprint density at radius 3 is 2.30 bits per heavy atom. The van der Waals surface area contributed by atoms with Crippen molar-refractivity contribution in [1.82, 2.24) is 4.90 Å². The molecule has 2 aromatic carbocycles. The van der Waals surface area contributed by atoms with Crippen molar-refractivity contribution < 1.29 is 29.3 Å². The molecule has 7 nitrogen and oxygen atoms in total. The number of amides is 1. The molecule has 1 atom stereocenters. The van der Waals surface area contributed by atoms with Gasteiger partial charge in [0.1, 0.15) is 5.75 Å². The van der Waals surface area contributed by atoms with E-state index in [1.54, 1.807) is 39.3 Å². The van der Waals surface area contributed by atoms with Crippen LogP contribution in [0.3, 0.4) is 0 Å². The Bertz CT molecular complexity index is 980. The SMILES string of the molecule is CCC(=O)C1=C(O)C(=O)N(CCc2ccc(OC)c(OC)c2)C1c1ccc(O)cc1. The molecule has 0 aliphatic carbocycles. The molecule has 0 fully saturated rings. The molecule has 2 aromatic rings. The zero-order valence-corrected chi connectivity index (χ0v) is 17.2. The maximum absolute atomic E-state index is 12.8. The van der Waals surface area contributed by atoms with Gasteiger partial charge in [-0.15, -0.1) is 0 Å². The summed E-state index contributed by atoms with van der Waals surface area (Å²) in [6.07, 6.45) is 0.659. The Morgan fingerprint density at radius 1 is 1.03 bits per heavy atom. The molecule has 2 N–H and O–H groups in total. The van der Waals surface area contributed by atoms with Crippen molar-refractivity contribution in [1.29, 1.82) is 0 Å². The second kappa shape index (κ2) is 8.90. The normalized spacial score (nSPS) is 16.2. The first kappa shape index (κ1) is 21.2. The number of ether oxygens (including phenoxy) is 2. The lowest BCUT2D eigenvalue weighted by atomic mass is 9.95. The number of ketones is 1. The van der Waals surface area contributed by atoms with Crippen molar-refractivity contribution in [2.24, 2.45) is 0 Å². The van der Waals surface area contributed by atoms with Crippen LogP contribution in [0.4, 0.5) is 0 Å². The number of phenolic OH excluding ortho intramolecular Hbond substituents is 1. The molecule has 0 saturated carbocycles. The number of aliphatic hydroxyl groups excluding tert-OH is 1. The highest BCUT2D eigenvalue weighted by Gasteiger charge is 2.42. The van der Waals surface area contributed by atoms with Crippen molar-refractivity contribution in [3.05, 3.63) is 64.9 Å². The van der Waals surface area contributed by atoms with Gasteiger partial charge >= 0.3 is 0 Å². The highest BCUT2D eigenvalue weighted by molar-refractivity contribution is 6.08. The molecular weight excluding hydrogens is 386 g/mol. The topological polar surface area (TPSA) is 96.3 Å². The summed E-state index contributed by atoms with van der Waals surface area (Å²) in [5, 5.41) is 20.0. The van der Waals surface area contributed by atoms with E-state index in [0.29, 0.717) is 23.5 Å². The molecule has 158 valence electrons. The summed E-state index contributed by atoms with van der Waals surface area (Å²) in [4.78, 5) is 26.8. The number of hydrogen-bond donors (Lipinski definition) is 2. The Morgan fingerprint density at radius 2 is 1.70 bits per heavy atom. The molecule has 0 aromatic heterocycles. The van der Waals surface area contributed by atoms with E-state index in [0.717, 1.165) is 5.56 Å². The highest BCUT2D eigenvalue weighted by Crippen LogP contribution is 2.39. The predicted octanol–water partition coefficient (Wildman–Crippen LogP) is 3.33. The van der Waals surface area contributed by atoms with E-state index in [1.807, 2.05) is 12.1 Å². The number of hydrogen-bond acceptors (Lipinski definition) is 6. The number of aromatic hydroxyl groups is 1. The summed E-state index contributed by atoms with van der Waals surface area (Å²) in [5.41, 5.74) is 1.66. The number of Topliss-reactive ketones (excluding diaryl/α,β-unsaturated/α-hetero) is 1. The molecule has 1 heterocycles. The van der Waals surface area contributed by atoms with Crippen LogP contribution in [0.1, 0.15) is 30.5 Å². The average Bonchev–Trinajstić information content (AvgIpc) is 3.02. The molecule has 7 heteroatoms. The minimum Gasteiger partial charge on any atom is -0.508 e. The van der Waals surface area contributed by atoms with Crippen LogP contribution in [0.25, 0.3) is 0 Å². The Balaban J connectivity index is 1.91. The average molecular weight is 411 g/mol. The molecule has 1 aliphatic heterocycles. The van der Waals surface area contributed by atoms with Gasteiger partial charge in [-0.3, -0.25) is 9.59 Å². The summed E-state index contributed by atoms with van der Waals surface area (Å²) < 4.78 is 10.6. The lowest BCUT2D eigenvalue weighted by Gasteiger charge is -2.27. The number of nitrogens with zero attached hydrogens (tertiary/aromatic N) is 1. The second-order valence-corrected chi connectivity index (χ2v) is 6.97. The van der Waals surface area contributed by atoms with E-state index in [-0.39, 0.29) is 30.1 Å². The fourth-order valence-electron chi connectivity index (χ4n) is 3.65. The van der Waals surface area contributed by atoms with Gasteiger partial charge in [-0.1, -0.05) is 25.1 Å². The van der Waals surface area contributed by atoms with Crippen molar-refractivity contribution in [2.45, 2.75) is 25.8 Å². The van der Waals surface area contributed by atoms with Crippen molar-refractivity contribution >= 4 is 11.7 Å². The summed E-state index contributed by atoms with van der Waals surface area (Å²) in [5.74, 6) is -0.0992. The number of rotatable bonds is 8. The molecule has 30 heavy (non-hydrogen) atoms. The van der Waals surface area contributed by atoms with Gasteiger partial charge < -0.3 is 24.6 Å². The first-order valence-electron chi connectivity index (χ1n) is 9.68.